The van der Waals surface area contributed by atoms with Crippen LogP contribution in [0.3, 0.4) is 0 Å². The molecule has 2 atom stereocenters. The largest absolute Gasteiger partial charge is 0.343 e. The number of carbonyl (C=O) groups is 2. The van der Waals surface area contributed by atoms with E-state index in [1.54, 1.807) is 0 Å². The minimum Gasteiger partial charge on any atom is -0.343 e. The normalized spacial score (nSPS) is 20.9. The van der Waals surface area contributed by atoms with Crippen molar-refractivity contribution in [3.05, 3.63) is 83.4 Å². The molecule has 2 fully saturated rings. The number of nitrogens with one attached hydrogen (secondary N) is 2. The average Bonchev–Trinajstić information content (AvgIpc) is 3.58. The Hall–Kier alpha value is -3.56. The number of carbonyl (C=O) groups excluding carboxylic acids is 2. The van der Waals surface area contributed by atoms with Crippen molar-refractivity contribution in [1.82, 2.24) is 35.2 Å². The third kappa shape index (κ3) is 7.05. The minimum atomic E-state index is -0.606. The number of nitrogens with zero attached hydrogens (tertiary/aromatic N) is 5. The van der Waals surface area contributed by atoms with Crippen LogP contribution in [0.5, 0.6) is 0 Å². The lowest BCUT2D eigenvalue weighted by atomic mass is 9.79. The summed E-state index contributed by atoms with van der Waals surface area (Å²) in [4.78, 5) is 32.4. The Bertz CT molecular complexity index is 1380. The summed E-state index contributed by atoms with van der Waals surface area (Å²) in [6, 6.07) is 15.8. The third-order valence-electron chi connectivity index (χ3n) is 10.0. The van der Waals surface area contributed by atoms with Gasteiger partial charge in [-0.1, -0.05) is 81.1 Å². The molecule has 44 heavy (non-hydrogen) atoms. The summed E-state index contributed by atoms with van der Waals surface area (Å²) in [6.07, 6.45) is 12.9. The van der Waals surface area contributed by atoms with Gasteiger partial charge < -0.3 is 20.1 Å². The van der Waals surface area contributed by atoms with Crippen LogP contribution < -0.4 is 10.6 Å². The maximum Gasteiger partial charge on any atom is 0.245 e. The van der Waals surface area contributed by atoms with Crippen LogP contribution in [0, 0.1) is 0 Å². The quantitative estimate of drug-likeness (QED) is 0.372. The molecule has 2 aromatic carbocycles. The molecule has 3 heterocycles. The summed E-state index contributed by atoms with van der Waals surface area (Å²) in [5.41, 5.74) is 4.87. The standard InChI is InChI=1S/C35H47N7O2/c1-2-8-27-11-13-28(14-12-27)21-32(39-33(43)31-22-29-9-4-5-10-30(29)23-36-31)34(44)41-17-19-42(20-18-41)35(15-6-3-7-16-35)24-40-25-37-38-26-40/h4-5,9-14,25-26,31-32,36H,2-3,6-8,15-24H2,1H3,(H,39,43)/t31-,32-/m1/s1. The highest BCUT2D eigenvalue weighted by molar-refractivity contribution is 5.90. The van der Waals surface area contributed by atoms with E-state index in [-0.39, 0.29) is 23.4 Å². The van der Waals surface area contributed by atoms with Crippen LogP contribution in [0.2, 0.25) is 0 Å². The summed E-state index contributed by atoms with van der Waals surface area (Å²) in [6.45, 7) is 6.73. The molecule has 0 radical (unpaired) electrons. The topological polar surface area (TPSA) is 95.4 Å². The molecule has 6 rings (SSSR count). The second-order valence-electron chi connectivity index (χ2n) is 13.0. The highest BCUT2D eigenvalue weighted by Gasteiger charge is 2.41. The van der Waals surface area contributed by atoms with Crippen molar-refractivity contribution in [2.45, 2.75) is 95.4 Å². The first-order chi connectivity index (χ1) is 21.5. The molecule has 1 aliphatic carbocycles. The van der Waals surface area contributed by atoms with Crippen molar-refractivity contribution < 1.29 is 9.59 Å². The number of rotatable bonds is 10. The summed E-state index contributed by atoms with van der Waals surface area (Å²) in [5, 5.41) is 14.7. The number of fused-ring (bicyclic) bond motifs is 1. The lowest BCUT2D eigenvalue weighted by molar-refractivity contribution is -0.139. The van der Waals surface area contributed by atoms with Gasteiger partial charge in [-0.25, -0.2) is 0 Å². The molecule has 2 amide bonds. The van der Waals surface area contributed by atoms with E-state index >= 15 is 0 Å². The third-order valence-corrected chi connectivity index (χ3v) is 10.0. The maximum atomic E-state index is 14.2. The van der Waals surface area contributed by atoms with Gasteiger partial charge in [0, 0.05) is 51.2 Å². The number of piperazine rings is 1. The smallest absolute Gasteiger partial charge is 0.245 e. The predicted molar refractivity (Wildman–Crippen MR) is 171 cm³/mol. The Morgan fingerprint density at radius 3 is 2.32 bits per heavy atom. The number of hydrogen-bond donors (Lipinski definition) is 2. The van der Waals surface area contributed by atoms with Gasteiger partial charge in [-0.05, 0) is 47.9 Å². The zero-order valence-electron chi connectivity index (χ0n) is 26.1. The van der Waals surface area contributed by atoms with E-state index in [0.29, 0.717) is 32.5 Å². The van der Waals surface area contributed by atoms with Crippen LogP contribution in [0.25, 0.3) is 0 Å². The fourth-order valence-electron chi connectivity index (χ4n) is 7.53. The lowest BCUT2D eigenvalue weighted by Crippen LogP contribution is -2.62. The van der Waals surface area contributed by atoms with Gasteiger partial charge in [-0.2, -0.15) is 0 Å². The van der Waals surface area contributed by atoms with Crippen LogP contribution in [-0.2, 0) is 41.9 Å². The van der Waals surface area contributed by atoms with Crippen molar-refractivity contribution in [2.75, 3.05) is 26.2 Å². The summed E-state index contributed by atoms with van der Waals surface area (Å²) in [5.74, 6) is -0.0856. The van der Waals surface area contributed by atoms with Crippen LogP contribution in [0.1, 0.15) is 67.7 Å². The Morgan fingerprint density at radius 2 is 1.61 bits per heavy atom. The van der Waals surface area contributed by atoms with E-state index in [1.807, 2.05) is 29.7 Å². The Kier molecular flexibility index (Phi) is 9.72. The molecule has 3 aliphatic rings. The molecule has 2 aliphatic heterocycles. The van der Waals surface area contributed by atoms with Crippen molar-refractivity contribution in [1.29, 1.82) is 0 Å². The van der Waals surface area contributed by atoms with E-state index in [2.05, 4.69) is 73.6 Å². The molecular formula is C35H47N7O2. The molecule has 1 saturated heterocycles. The number of aryl methyl sites for hydroxylation is 1. The van der Waals surface area contributed by atoms with Gasteiger partial charge in [0.05, 0.1) is 6.04 Å². The van der Waals surface area contributed by atoms with E-state index in [9.17, 15) is 9.59 Å². The molecular weight excluding hydrogens is 550 g/mol. The molecule has 0 spiro atoms. The van der Waals surface area contributed by atoms with E-state index in [4.69, 9.17) is 0 Å². The summed E-state index contributed by atoms with van der Waals surface area (Å²) < 4.78 is 2.11. The van der Waals surface area contributed by atoms with Gasteiger partial charge in [0.2, 0.25) is 11.8 Å². The first kappa shape index (κ1) is 30.5. The van der Waals surface area contributed by atoms with Crippen LogP contribution >= 0.6 is 0 Å². The van der Waals surface area contributed by atoms with E-state index < -0.39 is 6.04 Å². The molecule has 1 aromatic heterocycles. The molecule has 1 saturated carbocycles. The van der Waals surface area contributed by atoms with Crippen molar-refractivity contribution >= 4 is 11.8 Å². The van der Waals surface area contributed by atoms with Crippen molar-refractivity contribution in [3.8, 4) is 0 Å². The van der Waals surface area contributed by atoms with Crippen LogP contribution in [-0.4, -0.2) is 80.2 Å². The average molecular weight is 598 g/mol. The molecule has 234 valence electrons. The second kappa shape index (κ2) is 14.0. The zero-order valence-corrected chi connectivity index (χ0v) is 26.1. The van der Waals surface area contributed by atoms with Gasteiger partial charge in [0.25, 0.3) is 0 Å². The van der Waals surface area contributed by atoms with Gasteiger partial charge in [0.1, 0.15) is 18.7 Å². The van der Waals surface area contributed by atoms with Crippen molar-refractivity contribution in [2.24, 2.45) is 0 Å². The minimum absolute atomic E-state index is 0.0170. The van der Waals surface area contributed by atoms with Gasteiger partial charge in [0.15, 0.2) is 0 Å². The first-order valence-corrected chi connectivity index (χ1v) is 16.6. The fourth-order valence-corrected chi connectivity index (χ4v) is 7.53. The highest BCUT2D eigenvalue weighted by atomic mass is 16.2. The maximum absolute atomic E-state index is 14.2. The van der Waals surface area contributed by atoms with Gasteiger partial charge in [-0.15, -0.1) is 10.2 Å². The predicted octanol–water partition coefficient (Wildman–Crippen LogP) is 3.52. The Labute approximate surface area is 261 Å². The second-order valence-corrected chi connectivity index (χ2v) is 13.0. The van der Waals surface area contributed by atoms with E-state index in [1.165, 1.54) is 36.0 Å². The van der Waals surface area contributed by atoms with Gasteiger partial charge in [-0.3, -0.25) is 14.5 Å². The molecule has 0 bridgehead atoms. The lowest BCUT2D eigenvalue weighted by Gasteiger charge is -2.50. The van der Waals surface area contributed by atoms with Gasteiger partial charge >= 0.3 is 0 Å². The first-order valence-electron chi connectivity index (χ1n) is 16.6. The monoisotopic (exact) mass is 597 g/mol. The Balaban J connectivity index is 1.14. The molecule has 2 N–H and O–H groups in total. The van der Waals surface area contributed by atoms with Crippen LogP contribution in [0.4, 0.5) is 0 Å². The number of aromatic nitrogens is 3. The number of benzene rings is 2. The SMILES string of the molecule is CCCc1ccc(C[C@@H](NC(=O)[C@H]2Cc3ccccc3CN2)C(=O)N2CCN(C3(Cn4cnnc4)CCCCC3)CC2)cc1. The summed E-state index contributed by atoms with van der Waals surface area (Å²) >= 11 is 0. The van der Waals surface area contributed by atoms with E-state index in [0.717, 1.165) is 50.9 Å². The molecule has 9 heteroatoms. The highest BCUT2D eigenvalue weighted by Crippen LogP contribution is 2.36. The summed E-state index contributed by atoms with van der Waals surface area (Å²) in [7, 11) is 0. The molecule has 0 unspecified atom stereocenters. The zero-order chi connectivity index (χ0) is 30.4. The van der Waals surface area contributed by atoms with Crippen LogP contribution in [0.15, 0.2) is 61.2 Å². The molecule has 3 aromatic rings. The number of hydrogen-bond acceptors (Lipinski definition) is 6. The molecule has 9 nitrogen and oxygen atoms in total. The Morgan fingerprint density at radius 1 is 0.932 bits per heavy atom. The number of amides is 2. The van der Waals surface area contributed by atoms with Crippen molar-refractivity contribution in [3.63, 3.8) is 0 Å². The fraction of sp³-hybridized carbons (Fsp3) is 0.543.